The number of rotatable bonds is 4. The maximum atomic E-state index is 12.8. The first-order valence-electron chi connectivity index (χ1n) is 8.92. The van der Waals surface area contributed by atoms with E-state index in [4.69, 9.17) is 4.74 Å². The second-order valence-corrected chi connectivity index (χ2v) is 8.20. The molecule has 1 aliphatic rings. The third kappa shape index (κ3) is 7.84. The summed E-state index contributed by atoms with van der Waals surface area (Å²) in [6.45, 7) is 6.43. The molecule has 1 unspecified atom stereocenters. The number of anilines is 1. The Bertz CT molecular complexity index is 682. The molecule has 0 saturated carbocycles. The van der Waals surface area contributed by atoms with Gasteiger partial charge in [-0.2, -0.15) is 8.78 Å². The summed E-state index contributed by atoms with van der Waals surface area (Å²) in [6, 6.07) is 5.14. The van der Waals surface area contributed by atoms with Crippen LogP contribution in [0.4, 0.5) is 24.1 Å². The SMILES string of the molecule is CC(C)(C)OC(=O)N1CCC(NC(=O)Nc2ccc(OC(F)(F)P)cc2)CC1. The summed E-state index contributed by atoms with van der Waals surface area (Å²) in [6.07, 6.45) is 0.875. The quantitative estimate of drug-likeness (QED) is 0.726. The number of hydrogen-bond donors (Lipinski definition) is 2. The molecule has 0 spiro atoms. The van der Waals surface area contributed by atoms with Crippen LogP contribution in [-0.4, -0.2) is 47.6 Å². The van der Waals surface area contributed by atoms with E-state index in [9.17, 15) is 18.4 Å². The lowest BCUT2D eigenvalue weighted by Crippen LogP contribution is -2.48. The molecule has 1 aliphatic heterocycles. The smallest absolute Gasteiger partial charge is 0.410 e. The molecule has 0 radical (unpaired) electrons. The minimum Gasteiger partial charge on any atom is -0.444 e. The minimum absolute atomic E-state index is 0.0135. The Kier molecular flexibility index (Phi) is 7.04. The van der Waals surface area contributed by atoms with Crippen LogP contribution >= 0.6 is 9.24 Å². The first-order valence-corrected chi connectivity index (χ1v) is 9.50. The number of ether oxygens (including phenoxy) is 2. The Labute approximate surface area is 165 Å². The fourth-order valence-electron chi connectivity index (χ4n) is 2.65. The fraction of sp³-hybridized carbons (Fsp3) is 0.556. The van der Waals surface area contributed by atoms with Gasteiger partial charge in [0, 0.05) is 24.8 Å². The van der Waals surface area contributed by atoms with Gasteiger partial charge < -0.3 is 25.0 Å². The summed E-state index contributed by atoms with van der Waals surface area (Å²) in [5, 5.41) is 5.49. The molecule has 1 saturated heterocycles. The standard InChI is InChI=1S/C18H26F2N3O4P/c1-17(2,3)27-16(25)23-10-8-13(9-11-23)22-15(24)21-12-4-6-14(7-5-12)26-18(19,20)28/h4-7,13H,8-11,28H2,1-3H3,(H2,21,22,24). The molecule has 1 aromatic carbocycles. The molecule has 28 heavy (non-hydrogen) atoms. The summed E-state index contributed by atoms with van der Waals surface area (Å²) in [5.41, 5.74) is -0.0958. The summed E-state index contributed by atoms with van der Waals surface area (Å²) in [4.78, 5) is 25.8. The molecule has 1 atom stereocenters. The van der Waals surface area contributed by atoms with Crippen molar-refractivity contribution >= 4 is 27.1 Å². The van der Waals surface area contributed by atoms with Crippen LogP contribution in [0.2, 0.25) is 0 Å². The summed E-state index contributed by atoms with van der Waals surface area (Å²) in [5.74, 6) is -3.36. The number of carbonyl (C=O) groups is 2. The van der Waals surface area contributed by atoms with E-state index in [-0.39, 0.29) is 17.9 Å². The van der Waals surface area contributed by atoms with Gasteiger partial charge in [0.25, 0.3) is 0 Å². The predicted octanol–water partition coefficient (Wildman–Crippen LogP) is 4.01. The van der Waals surface area contributed by atoms with E-state index in [2.05, 4.69) is 15.4 Å². The Morgan fingerprint density at radius 2 is 1.71 bits per heavy atom. The van der Waals surface area contributed by atoms with Gasteiger partial charge in [0.2, 0.25) is 0 Å². The van der Waals surface area contributed by atoms with Crippen LogP contribution in [0.25, 0.3) is 0 Å². The maximum absolute atomic E-state index is 12.8. The van der Waals surface area contributed by atoms with Crippen molar-refractivity contribution in [2.45, 2.75) is 51.1 Å². The highest BCUT2D eigenvalue weighted by Gasteiger charge is 2.27. The van der Waals surface area contributed by atoms with Gasteiger partial charge in [0.1, 0.15) is 11.4 Å². The van der Waals surface area contributed by atoms with Crippen molar-refractivity contribution < 1.29 is 27.8 Å². The zero-order valence-corrected chi connectivity index (χ0v) is 17.3. The van der Waals surface area contributed by atoms with Gasteiger partial charge in [-0.05, 0) is 67.1 Å². The molecule has 2 rings (SSSR count). The summed E-state index contributed by atoms with van der Waals surface area (Å²) < 4.78 is 35.3. The van der Waals surface area contributed by atoms with Gasteiger partial charge in [-0.3, -0.25) is 0 Å². The highest BCUT2D eigenvalue weighted by atomic mass is 31.0. The van der Waals surface area contributed by atoms with E-state index in [1.54, 1.807) is 4.90 Å². The number of carbonyl (C=O) groups excluding carboxylic acids is 2. The molecule has 3 amide bonds. The Morgan fingerprint density at radius 1 is 1.14 bits per heavy atom. The van der Waals surface area contributed by atoms with Gasteiger partial charge in [0.05, 0.1) is 0 Å². The molecule has 7 nitrogen and oxygen atoms in total. The van der Waals surface area contributed by atoms with Crippen molar-refractivity contribution in [3.05, 3.63) is 24.3 Å². The third-order valence-electron chi connectivity index (χ3n) is 3.85. The molecule has 0 aliphatic carbocycles. The van der Waals surface area contributed by atoms with E-state index >= 15 is 0 Å². The molecule has 2 N–H and O–H groups in total. The Hall–Kier alpha value is -2.15. The molecule has 10 heteroatoms. The summed E-state index contributed by atoms with van der Waals surface area (Å²) >= 11 is 0. The van der Waals surface area contributed by atoms with Crippen LogP contribution in [0.1, 0.15) is 33.6 Å². The first-order chi connectivity index (χ1) is 12.9. The molecular weight excluding hydrogens is 391 g/mol. The van der Waals surface area contributed by atoms with Crippen molar-refractivity contribution in [1.29, 1.82) is 0 Å². The van der Waals surface area contributed by atoms with Crippen LogP contribution in [0, 0.1) is 0 Å². The minimum atomic E-state index is -3.35. The number of amides is 3. The lowest BCUT2D eigenvalue weighted by Gasteiger charge is -2.33. The number of nitrogens with zero attached hydrogens (tertiary/aromatic N) is 1. The number of halogens is 2. The van der Waals surface area contributed by atoms with Crippen LogP contribution < -0.4 is 15.4 Å². The molecule has 1 heterocycles. The van der Waals surface area contributed by atoms with Crippen molar-refractivity contribution in [1.82, 2.24) is 10.2 Å². The van der Waals surface area contributed by atoms with Crippen LogP contribution in [0.5, 0.6) is 5.75 Å². The van der Waals surface area contributed by atoms with Gasteiger partial charge >= 0.3 is 18.0 Å². The van der Waals surface area contributed by atoms with E-state index in [1.165, 1.54) is 33.5 Å². The van der Waals surface area contributed by atoms with Gasteiger partial charge in [-0.15, -0.1) is 0 Å². The molecule has 156 valence electrons. The molecular formula is C18H26F2N3O4P. The van der Waals surface area contributed by atoms with Crippen LogP contribution in [0.15, 0.2) is 24.3 Å². The molecule has 1 fully saturated rings. The van der Waals surface area contributed by atoms with Crippen molar-refractivity contribution in [3.8, 4) is 5.75 Å². The van der Waals surface area contributed by atoms with Gasteiger partial charge in [0.15, 0.2) is 0 Å². The third-order valence-corrected chi connectivity index (χ3v) is 3.97. The number of likely N-dealkylation sites (tertiary alicyclic amines) is 1. The van der Waals surface area contributed by atoms with E-state index in [0.29, 0.717) is 31.6 Å². The number of urea groups is 1. The average Bonchev–Trinajstić information content (AvgIpc) is 2.54. The highest BCUT2D eigenvalue weighted by molar-refractivity contribution is 7.17. The lowest BCUT2D eigenvalue weighted by molar-refractivity contribution is -0.0892. The molecule has 1 aromatic rings. The van der Waals surface area contributed by atoms with Crippen molar-refractivity contribution in [2.75, 3.05) is 18.4 Å². The Balaban J connectivity index is 1.76. The lowest BCUT2D eigenvalue weighted by atomic mass is 10.1. The number of piperidine rings is 1. The highest BCUT2D eigenvalue weighted by Crippen LogP contribution is 2.27. The normalized spacial score (nSPS) is 15.7. The largest absolute Gasteiger partial charge is 0.444 e. The number of hydrogen-bond acceptors (Lipinski definition) is 4. The topological polar surface area (TPSA) is 79.9 Å². The van der Waals surface area contributed by atoms with Gasteiger partial charge in [-0.1, -0.05) is 0 Å². The van der Waals surface area contributed by atoms with Crippen LogP contribution in [0.3, 0.4) is 0 Å². The number of benzene rings is 1. The second kappa shape index (κ2) is 8.90. The van der Waals surface area contributed by atoms with Gasteiger partial charge in [-0.25, -0.2) is 9.59 Å². The fourth-order valence-corrected chi connectivity index (χ4v) is 2.78. The molecule has 0 bridgehead atoms. The predicted molar refractivity (Wildman–Crippen MR) is 105 cm³/mol. The first kappa shape index (κ1) is 22.1. The molecule has 0 aromatic heterocycles. The zero-order valence-electron chi connectivity index (χ0n) is 16.1. The van der Waals surface area contributed by atoms with Crippen molar-refractivity contribution in [3.63, 3.8) is 0 Å². The van der Waals surface area contributed by atoms with E-state index in [0.717, 1.165) is 0 Å². The number of nitrogens with one attached hydrogen (secondary N) is 2. The number of alkyl halides is 2. The monoisotopic (exact) mass is 417 g/mol. The summed E-state index contributed by atoms with van der Waals surface area (Å²) in [7, 11) is 1.29. The Morgan fingerprint density at radius 3 is 2.21 bits per heavy atom. The second-order valence-electron chi connectivity index (χ2n) is 7.53. The van der Waals surface area contributed by atoms with Crippen LogP contribution in [-0.2, 0) is 4.74 Å². The van der Waals surface area contributed by atoms with Crippen molar-refractivity contribution in [2.24, 2.45) is 0 Å². The van der Waals surface area contributed by atoms with E-state index in [1.807, 2.05) is 20.8 Å². The zero-order chi connectivity index (χ0) is 20.9. The average molecular weight is 417 g/mol. The maximum Gasteiger partial charge on any atom is 0.410 e. The van der Waals surface area contributed by atoms with E-state index < -0.39 is 17.5 Å².